The molecule has 120 valence electrons. The molecule has 0 bridgehead atoms. The van der Waals surface area contributed by atoms with E-state index < -0.39 is 5.41 Å². The maximum Gasteiger partial charge on any atom is 0.225 e. The lowest BCUT2D eigenvalue weighted by molar-refractivity contribution is -0.130. The van der Waals surface area contributed by atoms with Crippen LogP contribution in [-0.2, 0) is 16.1 Å². The molecule has 1 amide bonds. The van der Waals surface area contributed by atoms with Crippen LogP contribution in [0.1, 0.15) is 46.2 Å². The molecule has 0 aliphatic heterocycles. The zero-order chi connectivity index (χ0) is 16.1. The van der Waals surface area contributed by atoms with Crippen LogP contribution in [0.5, 0.6) is 0 Å². The van der Waals surface area contributed by atoms with Gasteiger partial charge in [0, 0.05) is 31.8 Å². The number of nitrogens with one attached hydrogen (secondary N) is 1. The van der Waals surface area contributed by atoms with Gasteiger partial charge >= 0.3 is 0 Å². The number of aromatic nitrogens is 3. The summed E-state index contributed by atoms with van der Waals surface area (Å²) in [5.74, 6) is 0.0435. The SMILES string of the molecule is CNC(=O)C(C)(C)CCOC(C)(C)CCn1cc(C)nn1. The maximum absolute atomic E-state index is 11.7. The van der Waals surface area contributed by atoms with E-state index in [1.807, 2.05) is 31.6 Å². The number of aryl methyl sites for hydroxylation is 2. The molecule has 6 heteroatoms. The van der Waals surface area contributed by atoms with Crippen LogP contribution in [0.4, 0.5) is 0 Å². The quantitative estimate of drug-likeness (QED) is 0.796. The average Bonchev–Trinajstić information content (AvgIpc) is 2.81. The lowest BCUT2D eigenvalue weighted by atomic mass is 9.88. The molecule has 0 aliphatic rings. The average molecular weight is 296 g/mol. The molecule has 1 N–H and O–H groups in total. The zero-order valence-electron chi connectivity index (χ0n) is 14.1. The number of ether oxygens (including phenoxy) is 1. The third kappa shape index (κ3) is 5.83. The van der Waals surface area contributed by atoms with E-state index in [4.69, 9.17) is 4.74 Å². The van der Waals surface area contributed by atoms with Crippen LogP contribution in [0.25, 0.3) is 0 Å². The van der Waals surface area contributed by atoms with E-state index in [9.17, 15) is 4.79 Å². The highest BCUT2D eigenvalue weighted by molar-refractivity contribution is 5.81. The Morgan fingerprint density at radius 3 is 2.52 bits per heavy atom. The van der Waals surface area contributed by atoms with E-state index in [2.05, 4.69) is 29.5 Å². The summed E-state index contributed by atoms with van der Waals surface area (Å²) in [5.41, 5.74) is 0.257. The van der Waals surface area contributed by atoms with Crippen LogP contribution >= 0.6 is 0 Å². The summed E-state index contributed by atoms with van der Waals surface area (Å²) >= 11 is 0. The fourth-order valence-electron chi connectivity index (χ4n) is 1.99. The lowest BCUT2D eigenvalue weighted by Crippen LogP contribution is -2.36. The van der Waals surface area contributed by atoms with E-state index >= 15 is 0 Å². The van der Waals surface area contributed by atoms with Crippen LogP contribution in [0, 0.1) is 12.3 Å². The number of amides is 1. The van der Waals surface area contributed by atoms with Gasteiger partial charge in [0.2, 0.25) is 5.91 Å². The van der Waals surface area contributed by atoms with Crippen molar-refractivity contribution in [2.45, 2.75) is 59.6 Å². The summed E-state index contributed by atoms with van der Waals surface area (Å²) in [4.78, 5) is 11.7. The standard InChI is InChI=1S/C15H28N4O2/c1-12-11-19(18-17-12)9-7-15(4,5)21-10-8-14(2,3)13(20)16-6/h11H,7-10H2,1-6H3,(H,16,20). The summed E-state index contributed by atoms with van der Waals surface area (Å²) in [5, 5.41) is 10.7. The minimum absolute atomic E-state index is 0.0435. The minimum atomic E-state index is -0.409. The Morgan fingerprint density at radius 1 is 1.33 bits per heavy atom. The van der Waals surface area contributed by atoms with Crippen molar-refractivity contribution in [1.29, 1.82) is 0 Å². The first kappa shape index (κ1) is 17.6. The summed E-state index contributed by atoms with van der Waals surface area (Å²) in [7, 11) is 1.66. The molecule has 0 saturated carbocycles. The Labute approximate surface area is 127 Å². The van der Waals surface area contributed by atoms with Crippen LogP contribution in [0.3, 0.4) is 0 Å². The smallest absolute Gasteiger partial charge is 0.225 e. The Balaban J connectivity index is 2.37. The molecule has 0 atom stereocenters. The van der Waals surface area contributed by atoms with Crippen molar-refractivity contribution in [2.75, 3.05) is 13.7 Å². The van der Waals surface area contributed by atoms with E-state index in [0.717, 1.165) is 18.7 Å². The first-order valence-electron chi connectivity index (χ1n) is 7.39. The molecule has 1 rings (SSSR count). The summed E-state index contributed by atoms with van der Waals surface area (Å²) < 4.78 is 7.78. The van der Waals surface area contributed by atoms with E-state index in [0.29, 0.717) is 13.0 Å². The number of nitrogens with zero attached hydrogens (tertiary/aromatic N) is 3. The molecule has 0 fully saturated rings. The molecule has 21 heavy (non-hydrogen) atoms. The predicted molar refractivity (Wildman–Crippen MR) is 81.9 cm³/mol. The molecule has 1 heterocycles. The van der Waals surface area contributed by atoms with Gasteiger partial charge < -0.3 is 10.1 Å². The Bertz CT molecular complexity index is 466. The molecule has 1 aromatic heterocycles. The normalized spacial score (nSPS) is 12.5. The van der Waals surface area contributed by atoms with Crippen LogP contribution in [0.15, 0.2) is 6.20 Å². The monoisotopic (exact) mass is 296 g/mol. The van der Waals surface area contributed by atoms with Crippen molar-refractivity contribution >= 4 is 5.91 Å². The summed E-state index contributed by atoms with van der Waals surface area (Å²) in [6.07, 6.45) is 3.46. The van der Waals surface area contributed by atoms with Gasteiger partial charge in [0.1, 0.15) is 0 Å². The van der Waals surface area contributed by atoms with Crippen molar-refractivity contribution in [3.63, 3.8) is 0 Å². The van der Waals surface area contributed by atoms with Crippen LogP contribution in [0.2, 0.25) is 0 Å². The van der Waals surface area contributed by atoms with Gasteiger partial charge in [-0.1, -0.05) is 19.1 Å². The topological polar surface area (TPSA) is 69.0 Å². The van der Waals surface area contributed by atoms with Gasteiger partial charge in [-0.2, -0.15) is 0 Å². The second-order valence-electron chi connectivity index (χ2n) is 6.69. The zero-order valence-corrected chi connectivity index (χ0v) is 14.1. The van der Waals surface area contributed by atoms with Crippen molar-refractivity contribution in [3.8, 4) is 0 Å². The minimum Gasteiger partial charge on any atom is -0.375 e. The summed E-state index contributed by atoms with van der Waals surface area (Å²) in [6.45, 7) is 11.2. The van der Waals surface area contributed by atoms with Gasteiger partial charge in [0.05, 0.1) is 11.3 Å². The third-order valence-electron chi connectivity index (χ3n) is 3.66. The highest BCUT2D eigenvalue weighted by atomic mass is 16.5. The summed E-state index contributed by atoms with van der Waals surface area (Å²) in [6, 6.07) is 0. The molecule has 0 aliphatic carbocycles. The molecule has 0 unspecified atom stereocenters. The fourth-order valence-corrected chi connectivity index (χ4v) is 1.99. The maximum atomic E-state index is 11.7. The Kier molecular flexibility index (Phi) is 5.89. The van der Waals surface area contributed by atoms with Gasteiger partial charge in [-0.05, 0) is 33.6 Å². The van der Waals surface area contributed by atoms with Crippen LogP contribution in [-0.4, -0.2) is 40.2 Å². The fraction of sp³-hybridized carbons (Fsp3) is 0.800. The number of carbonyl (C=O) groups excluding carboxylic acids is 1. The van der Waals surface area contributed by atoms with Gasteiger partial charge in [0.15, 0.2) is 0 Å². The second-order valence-corrected chi connectivity index (χ2v) is 6.69. The molecular formula is C15H28N4O2. The van der Waals surface area contributed by atoms with E-state index in [1.165, 1.54) is 0 Å². The second kappa shape index (κ2) is 7.02. The Hall–Kier alpha value is -1.43. The van der Waals surface area contributed by atoms with Crippen molar-refractivity contribution in [2.24, 2.45) is 5.41 Å². The van der Waals surface area contributed by atoms with E-state index in [-0.39, 0.29) is 11.5 Å². The third-order valence-corrected chi connectivity index (χ3v) is 3.66. The highest BCUT2D eigenvalue weighted by Gasteiger charge is 2.27. The highest BCUT2D eigenvalue weighted by Crippen LogP contribution is 2.23. The molecular weight excluding hydrogens is 268 g/mol. The first-order valence-corrected chi connectivity index (χ1v) is 7.39. The molecule has 0 saturated heterocycles. The van der Waals surface area contributed by atoms with Gasteiger partial charge in [0.25, 0.3) is 0 Å². The lowest BCUT2D eigenvalue weighted by Gasteiger charge is -2.28. The number of hydrogen-bond acceptors (Lipinski definition) is 4. The van der Waals surface area contributed by atoms with Gasteiger partial charge in [-0.25, -0.2) is 0 Å². The van der Waals surface area contributed by atoms with Crippen LogP contribution < -0.4 is 5.32 Å². The first-order chi connectivity index (χ1) is 9.66. The predicted octanol–water partition coefficient (Wildman–Crippen LogP) is 1.93. The molecule has 0 radical (unpaired) electrons. The van der Waals surface area contributed by atoms with Gasteiger partial charge in [-0.15, -0.1) is 5.10 Å². The van der Waals surface area contributed by atoms with Crippen molar-refractivity contribution in [1.82, 2.24) is 20.3 Å². The van der Waals surface area contributed by atoms with Gasteiger partial charge in [-0.3, -0.25) is 9.48 Å². The van der Waals surface area contributed by atoms with Crippen molar-refractivity contribution < 1.29 is 9.53 Å². The number of rotatable bonds is 8. The molecule has 6 nitrogen and oxygen atoms in total. The van der Waals surface area contributed by atoms with E-state index in [1.54, 1.807) is 7.05 Å². The molecule has 0 spiro atoms. The largest absolute Gasteiger partial charge is 0.375 e. The molecule has 1 aromatic rings. The number of hydrogen-bond donors (Lipinski definition) is 1. The number of carbonyl (C=O) groups is 1. The Morgan fingerprint density at radius 2 is 2.00 bits per heavy atom. The van der Waals surface area contributed by atoms with Crippen molar-refractivity contribution in [3.05, 3.63) is 11.9 Å². The molecule has 0 aromatic carbocycles.